The molecule has 0 saturated carbocycles. The molecule has 3 aliphatic heterocycles. The van der Waals surface area contributed by atoms with Crippen LogP contribution in [0.15, 0.2) is 41.6 Å². The Morgan fingerprint density at radius 1 is 0.962 bits per heavy atom. The lowest BCUT2D eigenvalue weighted by atomic mass is 10.0. The van der Waals surface area contributed by atoms with Crippen LogP contribution in [0.25, 0.3) is 0 Å². The maximum absolute atomic E-state index is 3.41. The Hall–Kier alpha value is -1.96. The number of rotatable bonds is 3. The van der Waals surface area contributed by atoms with Crippen molar-refractivity contribution in [1.82, 2.24) is 19.6 Å². The van der Waals surface area contributed by atoms with Crippen LogP contribution in [-0.4, -0.2) is 72.6 Å². The molecule has 1 fully saturated rings. The van der Waals surface area contributed by atoms with E-state index in [0.29, 0.717) is 0 Å². The highest BCUT2D eigenvalue weighted by Crippen LogP contribution is 2.26. The fraction of sp³-hybridized carbons (Fsp3) is 0.545. The molecule has 4 heteroatoms. The Bertz CT molecular complexity index is 694. The molecule has 3 aliphatic rings. The molecule has 0 aliphatic carbocycles. The SMILES string of the molecule is CN1CN(Cc2ccccc2)CC2=C1CCN(CC#CN1CCCC1)C2. The van der Waals surface area contributed by atoms with Crippen LogP contribution in [-0.2, 0) is 6.54 Å². The molecule has 0 spiro atoms. The average Bonchev–Trinajstić information content (AvgIpc) is 3.16. The molecule has 0 atom stereocenters. The Morgan fingerprint density at radius 2 is 1.73 bits per heavy atom. The van der Waals surface area contributed by atoms with Crippen molar-refractivity contribution in [3.63, 3.8) is 0 Å². The second-order valence-electron chi connectivity index (χ2n) is 7.81. The van der Waals surface area contributed by atoms with E-state index in [2.05, 4.69) is 68.9 Å². The molecule has 4 nitrogen and oxygen atoms in total. The second kappa shape index (κ2) is 8.16. The molecular formula is C22H30N4. The molecule has 138 valence electrons. The summed E-state index contributed by atoms with van der Waals surface area (Å²) in [5.41, 5.74) is 4.55. The zero-order chi connectivity index (χ0) is 17.8. The fourth-order valence-corrected chi connectivity index (χ4v) is 4.36. The zero-order valence-corrected chi connectivity index (χ0v) is 16.0. The first kappa shape index (κ1) is 17.5. The summed E-state index contributed by atoms with van der Waals surface area (Å²) in [4.78, 5) is 9.80. The molecule has 4 rings (SSSR count). The number of benzene rings is 1. The normalized spacial score (nSPS) is 21.6. The van der Waals surface area contributed by atoms with Gasteiger partial charge in [-0.1, -0.05) is 36.3 Å². The van der Waals surface area contributed by atoms with E-state index in [4.69, 9.17) is 0 Å². The predicted octanol–water partition coefficient (Wildman–Crippen LogP) is 2.41. The second-order valence-corrected chi connectivity index (χ2v) is 7.81. The smallest absolute Gasteiger partial charge is 0.0706 e. The summed E-state index contributed by atoms with van der Waals surface area (Å²) in [5, 5.41) is 0. The van der Waals surface area contributed by atoms with E-state index in [-0.39, 0.29) is 0 Å². The van der Waals surface area contributed by atoms with Crippen molar-refractivity contribution in [1.29, 1.82) is 0 Å². The Morgan fingerprint density at radius 3 is 2.54 bits per heavy atom. The quantitative estimate of drug-likeness (QED) is 0.776. The van der Waals surface area contributed by atoms with Crippen LogP contribution in [0.1, 0.15) is 24.8 Å². The van der Waals surface area contributed by atoms with Gasteiger partial charge in [-0.2, -0.15) is 0 Å². The van der Waals surface area contributed by atoms with Gasteiger partial charge in [-0.3, -0.25) is 9.80 Å². The third-order valence-corrected chi connectivity index (χ3v) is 5.67. The largest absolute Gasteiger partial charge is 0.365 e. The molecule has 3 heterocycles. The molecule has 0 bridgehead atoms. The summed E-state index contributed by atoms with van der Waals surface area (Å²) in [6, 6.07) is 14.2. The van der Waals surface area contributed by atoms with Crippen molar-refractivity contribution in [3.05, 3.63) is 47.2 Å². The summed E-state index contributed by atoms with van der Waals surface area (Å²) in [5.74, 6) is 3.41. The van der Waals surface area contributed by atoms with Crippen LogP contribution in [0.5, 0.6) is 0 Å². The fourth-order valence-electron chi connectivity index (χ4n) is 4.36. The van der Waals surface area contributed by atoms with Crippen LogP contribution in [0.4, 0.5) is 0 Å². The highest BCUT2D eigenvalue weighted by molar-refractivity contribution is 5.24. The molecule has 1 saturated heterocycles. The Kier molecular flexibility index (Phi) is 5.48. The maximum atomic E-state index is 3.41. The summed E-state index contributed by atoms with van der Waals surface area (Å²) in [6.07, 6.45) is 3.77. The van der Waals surface area contributed by atoms with E-state index in [0.717, 1.165) is 58.9 Å². The lowest BCUT2D eigenvalue weighted by molar-refractivity contribution is 0.137. The van der Waals surface area contributed by atoms with E-state index in [1.54, 1.807) is 11.3 Å². The van der Waals surface area contributed by atoms with E-state index in [1.807, 2.05) is 0 Å². The van der Waals surface area contributed by atoms with Crippen LogP contribution in [0.3, 0.4) is 0 Å². The summed E-state index contributed by atoms with van der Waals surface area (Å²) >= 11 is 0. The first-order valence-electron chi connectivity index (χ1n) is 9.92. The topological polar surface area (TPSA) is 13.0 Å². The molecule has 0 aromatic heterocycles. The van der Waals surface area contributed by atoms with Gasteiger partial charge in [-0.05, 0) is 24.0 Å². The third kappa shape index (κ3) is 4.23. The summed E-state index contributed by atoms with van der Waals surface area (Å²) in [6.45, 7) is 8.55. The minimum absolute atomic E-state index is 0.898. The van der Waals surface area contributed by atoms with Gasteiger partial charge in [0.25, 0.3) is 0 Å². The Balaban J connectivity index is 1.35. The number of hydrogen-bond donors (Lipinski definition) is 0. The number of likely N-dealkylation sites (tertiary alicyclic amines) is 1. The highest BCUT2D eigenvalue weighted by atomic mass is 15.3. The van der Waals surface area contributed by atoms with E-state index in [9.17, 15) is 0 Å². The lowest BCUT2D eigenvalue weighted by Crippen LogP contribution is -2.47. The molecular weight excluding hydrogens is 320 g/mol. The first-order valence-corrected chi connectivity index (χ1v) is 9.92. The van der Waals surface area contributed by atoms with Crippen molar-refractivity contribution in [2.45, 2.75) is 25.8 Å². The van der Waals surface area contributed by atoms with Crippen molar-refractivity contribution < 1.29 is 0 Å². The van der Waals surface area contributed by atoms with Gasteiger partial charge in [0.05, 0.1) is 13.2 Å². The van der Waals surface area contributed by atoms with Gasteiger partial charge in [0, 0.05) is 64.5 Å². The van der Waals surface area contributed by atoms with Gasteiger partial charge in [-0.15, -0.1) is 0 Å². The van der Waals surface area contributed by atoms with Gasteiger partial charge >= 0.3 is 0 Å². The first-order chi connectivity index (χ1) is 12.8. The van der Waals surface area contributed by atoms with Gasteiger partial charge in [0.2, 0.25) is 0 Å². The predicted molar refractivity (Wildman–Crippen MR) is 106 cm³/mol. The molecule has 1 aromatic rings. The van der Waals surface area contributed by atoms with Gasteiger partial charge < -0.3 is 9.80 Å². The molecule has 0 radical (unpaired) electrons. The lowest BCUT2D eigenvalue weighted by Gasteiger charge is -2.42. The summed E-state index contributed by atoms with van der Waals surface area (Å²) in [7, 11) is 2.25. The molecule has 26 heavy (non-hydrogen) atoms. The zero-order valence-electron chi connectivity index (χ0n) is 16.0. The van der Waals surface area contributed by atoms with E-state index < -0.39 is 0 Å². The van der Waals surface area contributed by atoms with E-state index >= 15 is 0 Å². The number of nitrogens with zero attached hydrogens (tertiary/aromatic N) is 4. The monoisotopic (exact) mass is 350 g/mol. The number of hydrogen-bond acceptors (Lipinski definition) is 4. The summed E-state index contributed by atoms with van der Waals surface area (Å²) < 4.78 is 0. The minimum atomic E-state index is 0.898. The van der Waals surface area contributed by atoms with Crippen molar-refractivity contribution >= 4 is 0 Å². The molecule has 0 unspecified atom stereocenters. The van der Waals surface area contributed by atoms with Gasteiger partial charge in [-0.25, -0.2) is 0 Å². The van der Waals surface area contributed by atoms with Gasteiger partial charge in [0.15, 0.2) is 0 Å². The molecule has 0 amide bonds. The van der Waals surface area contributed by atoms with E-state index in [1.165, 1.54) is 18.4 Å². The van der Waals surface area contributed by atoms with Crippen molar-refractivity contribution in [2.24, 2.45) is 0 Å². The minimum Gasteiger partial charge on any atom is -0.365 e. The Labute approximate surface area is 158 Å². The van der Waals surface area contributed by atoms with Gasteiger partial charge in [0.1, 0.15) is 0 Å². The van der Waals surface area contributed by atoms with Crippen molar-refractivity contribution in [3.8, 4) is 12.0 Å². The highest BCUT2D eigenvalue weighted by Gasteiger charge is 2.27. The third-order valence-electron chi connectivity index (χ3n) is 5.67. The van der Waals surface area contributed by atoms with Crippen molar-refractivity contribution in [2.75, 3.05) is 53.0 Å². The van der Waals surface area contributed by atoms with Crippen LogP contribution < -0.4 is 0 Å². The van der Waals surface area contributed by atoms with Crippen LogP contribution in [0, 0.1) is 12.0 Å². The average molecular weight is 351 g/mol. The molecule has 1 aromatic carbocycles. The standard InChI is InChI=1S/C22H30N4/c1-23-19-26(16-20-8-3-2-4-9-20)18-21-17-25(15-10-22(21)23)14-7-13-24-11-5-6-12-24/h2-4,8-9H,5-6,10-12,14-19H2,1H3. The van der Waals surface area contributed by atoms with Crippen LogP contribution in [0.2, 0.25) is 0 Å². The molecule has 0 N–H and O–H groups in total. The maximum Gasteiger partial charge on any atom is 0.0706 e. The van der Waals surface area contributed by atoms with Crippen LogP contribution >= 0.6 is 0 Å².